The molecule has 5 aliphatic rings. The van der Waals surface area contributed by atoms with E-state index in [4.69, 9.17) is 9.47 Å². The van der Waals surface area contributed by atoms with Crippen LogP contribution in [0.2, 0.25) is 0 Å². The number of rotatable bonds is 7. The van der Waals surface area contributed by atoms with Crippen molar-refractivity contribution in [3.8, 4) is 0 Å². The summed E-state index contributed by atoms with van der Waals surface area (Å²) in [7, 11) is 1.73. The van der Waals surface area contributed by atoms with Gasteiger partial charge in [0.05, 0.1) is 43.8 Å². The number of aliphatic hydroxyl groups excluding tert-OH is 1. The van der Waals surface area contributed by atoms with Crippen molar-refractivity contribution >= 4 is 17.7 Å². The zero-order valence-corrected chi connectivity index (χ0v) is 22.1. The first-order valence-electron chi connectivity index (χ1n) is 13.6. The highest BCUT2D eigenvalue weighted by atomic mass is 16.5. The van der Waals surface area contributed by atoms with Gasteiger partial charge >= 0.3 is 0 Å². The van der Waals surface area contributed by atoms with Crippen LogP contribution in [0.15, 0.2) is 24.3 Å². The molecule has 3 saturated heterocycles. The molecule has 0 aromatic carbocycles. The second-order valence-electron chi connectivity index (χ2n) is 11.0. The molecule has 0 radical (unpaired) electrons. The fourth-order valence-corrected chi connectivity index (χ4v) is 6.71. The number of carbonyl (C=O) groups excluding carboxylic acids is 3. The van der Waals surface area contributed by atoms with E-state index in [1.807, 2.05) is 38.2 Å². The highest BCUT2D eigenvalue weighted by Crippen LogP contribution is 2.54. The molecule has 7 atom stereocenters. The van der Waals surface area contributed by atoms with Crippen molar-refractivity contribution in [2.75, 3.05) is 66.1 Å². The van der Waals surface area contributed by atoms with E-state index in [2.05, 4.69) is 4.90 Å². The van der Waals surface area contributed by atoms with Crippen molar-refractivity contribution in [1.82, 2.24) is 19.6 Å². The summed E-state index contributed by atoms with van der Waals surface area (Å²) in [5.74, 6) is -2.17. The molecule has 204 valence electrons. The molecular weight excluding hydrogens is 476 g/mol. The molecule has 1 spiro atoms. The molecule has 37 heavy (non-hydrogen) atoms. The maximum absolute atomic E-state index is 14.3. The number of morpholine rings is 1. The third kappa shape index (κ3) is 4.31. The van der Waals surface area contributed by atoms with Crippen LogP contribution in [0, 0.1) is 17.8 Å². The van der Waals surface area contributed by atoms with E-state index >= 15 is 0 Å². The molecule has 0 aromatic heterocycles. The largest absolute Gasteiger partial charge is 0.394 e. The Labute approximate surface area is 218 Å². The van der Waals surface area contributed by atoms with Crippen LogP contribution in [0.3, 0.4) is 0 Å². The third-order valence-electron chi connectivity index (χ3n) is 9.02. The first-order chi connectivity index (χ1) is 17.8. The van der Waals surface area contributed by atoms with Crippen LogP contribution >= 0.6 is 0 Å². The lowest BCUT2D eigenvalue weighted by molar-refractivity contribution is -0.152. The van der Waals surface area contributed by atoms with Gasteiger partial charge in [0.1, 0.15) is 11.6 Å². The van der Waals surface area contributed by atoms with Crippen LogP contribution < -0.4 is 0 Å². The zero-order chi connectivity index (χ0) is 26.3. The Kier molecular flexibility index (Phi) is 7.46. The third-order valence-corrected chi connectivity index (χ3v) is 9.02. The number of likely N-dealkylation sites (N-methyl/N-ethyl adjacent to an activating group) is 1. The van der Waals surface area contributed by atoms with Gasteiger partial charge in [-0.05, 0) is 5.92 Å². The topological polar surface area (TPSA) is 103 Å². The molecule has 1 unspecified atom stereocenters. The van der Waals surface area contributed by atoms with Crippen LogP contribution in [0.25, 0.3) is 0 Å². The van der Waals surface area contributed by atoms with Crippen molar-refractivity contribution in [1.29, 1.82) is 0 Å². The van der Waals surface area contributed by atoms with E-state index in [9.17, 15) is 19.5 Å². The maximum atomic E-state index is 14.3. The van der Waals surface area contributed by atoms with Gasteiger partial charge in [0, 0.05) is 46.3 Å². The summed E-state index contributed by atoms with van der Waals surface area (Å²) >= 11 is 0. The van der Waals surface area contributed by atoms with Crippen molar-refractivity contribution in [3.63, 3.8) is 0 Å². The number of amides is 3. The monoisotopic (exact) mass is 516 g/mol. The normalized spacial score (nSPS) is 35.8. The number of hydrogen-bond acceptors (Lipinski definition) is 7. The second-order valence-corrected chi connectivity index (χ2v) is 11.0. The second kappa shape index (κ2) is 10.5. The highest BCUT2D eigenvalue weighted by Gasteiger charge is 2.72. The number of carbonyl (C=O) groups is 3. The first kappa shape index (κ1) is 26.3. The molecular formula is C27H40N4O6. The van der Waals surface area contributed by atoms with Gasteiger partial charge < -0.3 is 29.3 Å². The van der Waals surface area contributed by atoms with E-state index < -0.39 is 35.6 Å². The lowest BCUT2D eigenvalue weighted by Gasteiger charge is -2.40. The van der Waals surface area contributed by atoms with Gasteiger partial charge in [-0.15, -0.1) is 0 Å². The van der Waals surface area contributed by atoms with Crippen LogP contribution in [-0.2, 0) is 23.9 Å². The summed E-state index contributed by atoms with van der Waals surface area (Å²) in [5, 5.41) is 10.4. The Morgan fingerprint density at radius 1 is 1.08 bits per heavy atom. The van der Waals surface area contributed by atoms with Gasteiger partial charge in [-0.3, -0.25) is 19.3 Å². The minimum Gasteiger partial charge on any atom is -0.394 e. The summed E-state index contributed by atoms with van der Waals surface area (Å²) < 4.78 is 12.1. The van der Waals surface area contributed by atoms with E-state index in [-0.39, 0.29) is 30.2 Å². The predicted octanol–water partition coefficient (Wildman–Crippen LogP) is -0.267. The molecule has 0 aromatic rings. The average molecular weight is 517 g/mol. The van der Waals surface area contributed by atoms with Gasteiger partial charge in [0.2, 0.25) is 17.7 Å². The Morgan fingerprint density at radius 2 is 1.84 bits per heavy atom. The molecule has 5 rings (SSSR count). The van der Waals surface area contributed by atoms with Crippen molar-refractivity contribution in [3.05, 3.63) is 24.3 Å². The molecule has 10 nitrogen and oxygen atoms in total. The van der Waals surface area contributed by atoms with Crippen molar-refractivity contribution in [2.45, 2.75) is 44.1 Å². The maximum Gasteiger partial charge on any atom is 0.249 e. The van der Waals surface area contributed by atoms with Crippen LogP contribution in [-0.4, -0.2) is 132 Å². The first-order valence-corrected chi connectivity index (χ1v) is 13.6. The predicted molar refractivity (Wildman–Crippen MR) is 135 cm³/mol. The Morgan fingerprint density at radius 3 is 2.54 bits per heavy atom. The Hall–Kier alpha value is -2.27. The van der Waals surface area contributed by atoms with Gasteiger partial charge in [-0.1, -0.05) is 44.6 Å². The SMILES string of the molecule is CC[C@H](C)[C@H](CO)N1C(=O)[C@@H]2[C@@H]3C(=O)N(C)CC=C[C@@H]3O[C@@]23C=CCN(CCN2CCOCC2)C(=O)C13. The Balaban J connectivity index is 1.53. The number of likely N-dealkylation sites (tertiary alicyclic amines) is 1. The van der Waals surface area contributed by atoms with E-state index in [0.717, 1.165) is 19.5 Å². The summed E-state index contributed by atoms with van der Waals surface area (Å²) in [4.78, 5) is 49.3. The average Bonchev–Trinajstić information content (AvgIpc) is 3.23. The lowest BCUT2D eigenvalue weighted by atomic mass is 9.77. The molecule has 10 heteroatoms. The molecule has 1 N–H and O–H groups in total. The summed E-state index contributed by atoms with van der Waals surface area (Å²) in [6, 6.07) is -1.48. The standard InChI is InChI=1S/C27H40N4O6/c1-4-18(2)19(17-32)31-23-26(35)30(12-11-29-13-15-36-16-14-29)10-6-8-27(23)22(25(31)34)21-20(37-27)7-5-9-28(3)24(21)33/h5-8,18-23,32H,4,9-17H2,1-3H3/t18-,19-,20-,21+,22-,23?,27-/m0/s1. The number of fused-ring (bicyclic) bond motifs is 2. The van der Waals surface area contributed by atoms with Gasteiger partial charge in [-0.25, -0.2) is 0 Å². The molecule has 0 saturated carbocycles. The van der Waals surface area contributed by atoms with E-state index in [1.54, 1.807) is 21.7 Å². The highest BCUT2D eigenvalue weighted by molar-refractivity contribution is 6.00. The van der Waals surface area contributed by atoms with Crippen LogP contribution in [0.5, 0.6) is 0 Å². The summed E-state index contributed by atoms with van der Waals surface area (Å²) in [6.45, 7) is 8.85. The van der Waals surface area contributed by atoms with Gasteiger partial charge in [0.15, 0.2) is 0 Å². The van der Waals surface area contributed by atoms with E-state index in [0.29, 0.717) is 39.4 Å². The number of ether oxygens (including phenoxy) is 2. The fraction of sp³-hybridized carbons (Fsp3) is 0.741. The fourth-order valence-electron chi connectivity index (χ4n) is 6.71. The minimum atomic E-state index is -1.25. The molecule has 0 bridgehead atoms. The molecule has 5 aliphatic heterocycles. The number of hydrogen-bond donors (Lipinski definition) is 1. The van der Waals surface area contributed by atoms with Crippen LogP contribution in [0.4, 0.5) is 0 Å². The Bertz CT molecular complexity index is 965. The summed E-state index contributed by atoms with van der Waals surface area (Å²) in [6.07, 6.45) is 7.70. The molecule has 5 heterocycles. The van der Waals surface area contributed by atoms with Gasteiger partial charge in [-0.2, -0.15) is 0 Å². The minimum absolute atomic E-state index is 0.0325. The zero-order valence-electron chi connectivity index (χ0n) is 22.1. The lowest BCUT2D eigenvalue weighted by Crippen LogP contribution is -2.59. The molecule has 0 aliphatic carbocycles. The molecule has 3 amide bonds. The van der Waals surface area contributed by atoms with Crippen molar-refractivity contribution < 1.29 is 29.0 Å². The van der Waals surface area contributed by atoms with E-state index in [1.165, 1.54) is 0 Å². The summed E-state index contributed by atoms with van der Waals surface area (Å²) in [5.41, 5.74) is -1.25. The van der Waals surface area contributed by atoms with Crippen molar-refractivity contribution in [2.24, 2.45) is 17.8 Å². The number of aliphatic hydroxyl groups is 1. The van der Waals surface area contributed by atoms with Crippen LogP contribution in [0.1, 0.15) is 20.3 Å². The molecule has 3 fully saturated rings. The van der Waals surface area contributed by atoms with Gasteiger partial charge in [0.25, 0.3) is 0 Å². The smallest absolute Gasteiger partial charge is 0.249 e. The quantitative estimate of drug-likeness (QED) is 0.465. The number of nitrogens with zero attached hydrogens (tertiary/aromatic N) is 4.